The molecule has 1 aromatic heterocycles. The number of aryl methyl sites for hydroxylation is 1. The van der Waals surface area contributed by atoms with Crippen LogP contribution in [0.5, 0.6) is 11.6 Å². The Bertz CT molecular complexity index is 553. The summed E-state index contributed by atoms with van der Waals surface area (Å²) < 4.78 is 5.61. The van der Waals surface area contributed by atoms with E-state index < -0.39 is 0 Å². The van der Waals surface area contributed by atoms with E-state index in [1.54, 1.807) is 24.4 Å². The summed E-state index contributed by atoms with van der Waals surface area (Å²) in [5.41, 5.74) is 1.57. The summed E-state index contributed by atoms with van der Waals surface area (Å²) in [6.07, 6.45) is 1.56. The van der Waals surface area contributed by atoms with Crippen LogP contribution < -0.4 is 4.74 Å². The Hall–Kier alpha value is -1.29. The first-order valence-corrected chi connectivity index (χ1v) is 6.04. The molecule has 1 N–H and O–H groups in total. The van der Waals surface area contributed by atoms with Gasteiger partial charge in [0.25, 0.3) is 0 Å². The lowest BCUT2D eigenvalue weighted by Gasteiger charge is -2.09. The van der Waals surface area contributed by atoms with Crippen LogP contribution in [-0.2, 0) is 6.61 Å². The van der Waals surface area contributed by atoms with E-state index in [0.29, 0.717) is 21.7 Å². The molecule has 94 valence electrons. The number of hydrogen-bond acceptors (Lipinski definition) is 3. The highest BCUT2D eigenvalue weighted by atomic mass is 35.5. The molecule has 0 fully saturated rings. The van der Waals surface area contributed by atoms with Crippen molar-refractivity contribution in [3.8, 4) is 11.6 Å². The van der Waals surface area contributed by atoms with Gasteiger partial charge in [-0.2, -0.15) is 0 Å². The molecule has 1 heterocycles. The lowest BCUT2D eigenvalue weighted by molar-refractivity contribution is 0.281. The molecule has 18 heavy (non-hydrogen) atoms. The van der Waals surface area contributed by atoms with Crippen molar-refractivity contribution in [2.75, 3.05) is 0 Å². The van der Waals surface area contributed by atoms with E-state index in [4.69, 9.17) is 33.0 Å². The van der Waals surface area contributed by atoms with Crippen LogP contribution >= 0.6 is 23.2 Å². The van der Waals surface area contributed by atoms with Gasteiger partial charge in [0.15, 0.2) is 0 Å². The molecule has 0 bridgehead atoms. The van der Waals surface area contributed by atoms with Gasteiger partial charge in [-0.25, -0.2) is 4.98 Å². The average molecular weight is 284 g/mol. The van der Waals surface area contributed by atoms with Gasteiger partial charge in [0.2, 0.25) is 5.88 Å². The van der Waals surface area contributed by atoms with Crippen LogP contribution in [0.25, 0.3) is 0 Å². The van der Waals surface area contributed by atoms with Crippen molar-refractivity contribution in [3.05, 3.63) is 51.6 Å². The van der Waals surface area contributed by atoms with Crippen LogP contribution in [0.3, 0.4) is 0 Å². The van der Waals surface area contributed by atoms with Crippen LogP contribution in [0.15, 0.2) is 30.5 Å². The van der Waals surface area contributed by atoms with Crippen LogP contribution in [0, 0.1) is 6.92 Å². The van der Waals surface area contributed by atoms with Crippen LogP contribution in [0.4, 0.5) is 0 Å². The Morgan fingerprint density at radius 2 is 1.83 bits per heavy atom. The molecule has 0 aliphatic rings. The number of nitrogens with zero attached hydrogens (tertiary/aromatic N) is 1. The number of pyridine rings is 1. The molecular formula is C13H11Cl2NO2. The van der Waals surface area contributed by atoms with Gasteiger partial charge in [-0.15, -0.1) is 0 Å². The van der Waals surface area contributed by atoms with E-state index in [9.17, 15) is 0 Å². The topological polar surface area (TPSA) is 42.4 Å². The number of benzene rings is 1. The molecule has 0 amide bonds. The van der Waals surface area contributed by atoms with Gasteiger partial charge in [-0.3, -0.25) is 0 Å². The Morgan fingerprint density at radius 1 is 1.17 bits per heavy atom. The quantitative estimate of drug-likeness (QED) is 0.926. The zero-order chi connectivity index (χ0) is 13.1. The molecule has 0 radical (unpaired) electrons. The van der Waals surface area contributed by atoms with Crippen molar-refractivity contribution in [2.45, 2.75) is 13.5 Å². The van der Waals surface area contributed by atoms with E-state index in [0.717, 1.165) is 11.1 Å². The molecular weight excluding hydrogens is 273 g/mol. The zero-order valence-corrected chi connectivity index (χ0v) is 11.2. The number of halogens is 2. The molecule has 5 heteroatoms. The minimum atomic E-state index is -0.0445. The molecule has 0 unspecified atom stereocenters. The highest BCUT2D eigenvalue weighted by Crippen LogP contribution is 2.29. The van der Waals surface area contributed by atoms with Crippen molar-refractivity contribution in [1.29, 1.82) is 0 Å². The van der Waals surface area contributed by atoms with Crippen molar-refractivity contribution in [2.24, 2.45) is 0 Å². The first-order valence-electron chi connectivity index (χ1n) is 5.29. The summed E-state index contributed by atoms with van der Waals surface area (Å²) in [6, 6.07) is 6.77. The lowest BCUT2D eigenvalue weighted by atomic mass is 10.2. The smallest absolute Gasteiger partial charge is 0.222 e. The normalized spacial score (nSPS) is 10.4. The number of ether oxygens (including phenoxy) is 1. The minimum absolute atomic E-state index is 0.0445. The van der Waals surface area contributed by atoms with Gasteiger partial charge in [-0.1, -0.05) is 23.2 Å². The van der Waals surface area contributed by atoms with Crippen molar-refractivity contribution < 1.29 is 9.84 Å². The number of aliphatic hydroxyl groups is 1. The maximum atomic E-state index is 9.00. The summed E-state index contributed by atoms with van der Waals surface area (Å²) in [5.74, 6) is 0.991. The van der Waals surface area contributed by atoms with Crippen molar-refractivity contribution >= 4 is 23.2 Å². The number of aromatic nitrogens is 1. The summed E-state index contributed by atoms with van der Waals surface area (Å²) in [7, 11) is 0. The second-order valence-corrected chi connectivity index (χ2v) is 4.70. The Kier molecular flexibility index (Phi) is 4.07. The van der Waals surface area contributed by atoms with Crippen LogP contribution in [0.1, 0.15) is 11.1 Å². The summed E-state index contributed by atoms with van der Waals surface area (Å²) in [6.45, 7) is 1.81. The summed E-state index contributed by atoms with van der Waals surface area (Å²) in [4.78, 5) is 4.14. The molecule has 0 atom stereocenters. The van der Waals surface area contributed by atoms with Gasteiger partial charge >= 0.3 is 0 Å². The monoisotopic (exact) mass is 283 g/mol. The second-order valence-electron chi connectivity index (χ2n) is 3.83. The minimum Gasteiger partial charge on any atom is -0.439 e. The fraction of sp³-hybridized carbons (Fsp3) is 0.154. The molecule has 1 aromatic carbocycles. The Balaban J connectivity index is 2.28. The SMILES string of the molecule is Cc1cc(CO)cnc1Oc1cc(Cl)cc(Cl)c1. The second kappa shape index (κ2) is 5.57. The predicted molar refractivity (Wildman–Crippen MR) is 71.4 cm³/mol. The fourth-order valence-electron chi connectivity index (χ4n) is 1.51. The molecule has 2 aromatic rings. The summed E-state index contributed by atoms with van der Waals surface area (Å²) >= 11 is 11.8. The summed E-state index contributed by atoms with van der Waals surface area (Å²) in [5, 5.41) is 10.0. The van der Waals surface area contributed by atoms with Gasteiger partial charge in [-0.05, 0) is 36.8 Å². The number of hydrogen-bond donors (Lipinski definition) is 1. The van der Waals surface area contributed by atoms with Gasteiger partial charge < -0.3 is 9.84 Å². The van der Waals surface area contributed by atoms with E-state index >= 15 is 0 Å². The fourth-order valence-corrected chi connectivity index (χ4v) is 2.02. The lowest BCUT2D eigenvalue weighted by Crippen LogP contribution is -1.94. The van der Waals surface area contributed by atoms with Crippen LogP contribution in [-0.4, -0.2) is 10.1 Å². The third kappa shape index (κ3) is 3.13. The third-order valence-electron chi connectivity index (χ3n) is 2.32. The van der Waals surface area contributed by atoms with Gasteiger partial charge in [0, 0.05) is 21.8 Å². The maximum Gasteiger partial charge on any atom is 0.222 e. The first-order chi connectivity index (χ1) is 8.58. The molecule has 0 aliphatic carbocycles. The van der Waals surface area contributed by atoms with Gasteiger partial charge in [0.05, 0.1) is 6.61 Å². The molecule has 0 saturated carbocycles. The van der Waals surface area contributed by atoms with Crippen molar-refractivity contribution in [1.82, 2.24) is 4.98 Å². The standard InChI is InChI=1S/C13H11Cl2NO2/c1-8-2-9(7-17)6-16-13(8)18-12-4-10(14)3-11(15)5-12/h2-6,17H,7H2,1H3. The van der Waals surface area contributed by atoms with Crippen molar-refractivity contribution in [3.63, 3.8) is 0 Å². The van der Waals surface area contributed by atoms with E-state index in [1.165, 1.54) is 0 Å². The first kappa shape index (κ1) is 13.1. The zero-order valence-electron chi connectivity index (χ0n) is 9.65. The molecule has 3 nitrogen and oxygen atoms in total. The molecule has 0 spiro atoms. The molecule has 2 rings (SSSR count). The van der Waals surface area contributed by atoms with Crippen LogP contribution in [0.2, 0.25) is 10.0 Å². The largest absolute Gasteiger partial charge is 0.439 e. The van der Waals surface area contributed by atoms with Gasteiger partial charge in [0.1, 0.15) is 5.75 Å². The predicted octanol–water partition coefficient (Wildman–Crippen LogP) is 3.98. The van der Waals surface area contributed by atoms with E-state index in [2.05, 4.69) is 4.98 Å². The highest BCUT2D eigenvalue weighted by Gasteiger charge is 2.06. The third-order valence-corrected chi connectivity index (χ3v) is 2.76. The molecule has 0 aliphatic heterocycles. The Labute approximate surface area is 115 Å². The maximum absolute atomic E-state index is 9.00. The Morgan fingerprint density at radius 3 is 2.39 bits per heavy atom. The number of aliphatic hydroxyl groups excluding tert-OH is 1. The average Bonchev–Trinajstić information content (AvgIpc) is 2.30. The molecule has 0 saturated heterocycles. The highest BCUT2D eigenvalue weighted by molar-refractivity contribution is 6.34. The number of rotatable bonds is 3. The van der Waals surface area contributed by atoms with E-state index in [-0.39, 0.29) is 6.61 Å². The van der Waals surface area contributed by atoms with E-state index in [1.807, 2.05) is 13.0 Å².